The molecule has 0 heterocycles. The summed E-state index contributed by atoms with van der Waals surface area (Å²) in [6.45, 7) is 4.03. The van der Waals surface area contributed by atoms with E-state index in [2.05, 4.69) is 11.8 Å². The summed E-state index contributed by atoms with van der Waals surface area (Å²) in [5, 5.41) is 2.92. The molecule has 1 rings (SSSR count). The van der Waals surface area contributed by atoms with Crippen molar-refractivity contribution < 1.29 is 4.74 Å². The first-order valence-corrected chi connectivity index (χ1v) is 3.43. The third-order valence-electron chi connectivity index (χ3n) is 1.74. The maximum atomic E-state index is 10.0. The predicted octanol–water partition coefficient (Wildman–Crippen LogP) is 1.49. The van der Waals surface area contributed by atoms with E-state index in [0.29, 0.717) is 6.61 Å². The smallest absolute Gasteiger partial charge is 0.118 e. The highest BCUT2D eigenvalue weighted by Crippen LogP contribution is 2.25. The molecule has 0 saturated heterocycles. The van der Waals surface area contributed by atoms with Crippen molar-refractivity contribution in [2.75, 3.05) is 6.61 Å². The number of nitroso groups, excluding NO2 is 1. The molecule has 1 aliphatic carbocycles. The minimum Gasteiger partial charge on any atom is -0.372 e. The van der Waals surface area contributed by atoms with E-state index in [4.69, 9.17) is 4.74 Å². The topological polar surface area (TPSA) is 38.7 Å². The first kappa shape index (κ1) is 7.41. The highest BCUT2D eigenvalue weighted by Gasteiger charge is 2.32. The Labute approximate surface area is 60.0 Å². The summed E-state index contributed by atoms with van der Waals surface area (Å²) >= 11 is 0. The van der Waals surface area contributed by atoms with Crippen LogP contribution in [0.4, 0.5) is 0 Å². The Morgan fingerprint density at radius 2 is 2.50 bits per heavy atom. The third kappa shape index (κ3) is 1.42. The Balaban J connectivity index is 2.16. The van der Waals surface area contributed by atoms with Crippen LogP contribution >= 0.6 is 0 Å². The Bertz CT molecular complexity index is 136. The van der Waals surface area contributed by atoms with Gasteiger partial charge in [-0.2, -0.15) is 4.91 Å². The van der Waals surface area contributed by atoms with Crippen LogP contribution in [-0.2, 0) is 4.74 Å². The third-order valence-corrected chi connectivity index (χ3v) is 1.74. The summed E-state index contributed by atoms with van der Waals surface area (Å²) in [4.78, 5) is 10.0. The van der Waals surface area contributed by atoms with Crippen molar-refractivity contribution in [3.8, 4) is 0 Å². The normalized spacial score (nSPS) is 30.8. The van der Waals surface area contributed by atoms with Crippen LogP contribution < -0.4 is 0 Å². The van der Waals surface area contributed by atoms with Gasteiger partial charge < -0.3 is 4.74 Å². The molecule has 0 spiro atoms. The number of nitrogens with zero attached hydrogens (tertiary/aromatic N) is 1. The van der Waals surface area contributed by atoms with Crippen molar-refractivity contribution in [2.45, 2.75) is 25.0 Å². The fourth-order valence-electron chi connectivity index (χ4n) is 0.958. The van der Waals surface area contributed by atoms with Gasteiger partial charge >= 0.3 is 0 Å². The van der Waals surface area contributed by atoms with Crippen molar-refractivity contribution in [2.24, 2.45) is 5.18 Å². The molecule has 0 aromatic carbocycles. The number of hydrogen-bond donors (Lipinski definition) is 0. The van der Waals surface area contributed by atoms with Crippen LogP contribution in [0.15, 0.2) is 17.8 Å². The standard InChI is InChI=1S/C7H11NO2/c1-2-5-10-7-4-3-6(7)8-9/h2,6-7H,1,3-5H2/t6-,7+/m0/s1. The van der Waals surface area contributed by atoms with Gasteiger partial charge in [0.1, 0.15) is 6.04 Å². The number of hydrogen-bond acceptors (Lipinski definition) is 3. The van der Waals surface area contributed by atoms with Crippen molar-refractivity contribution >= 4 is 0 Å². The molecule has 10 heavy (non-hydrogen) atoms. The maximum absolute atomic E-state index is 10.0. The molecule has 0 bridgehead atoms. The molecule has 0 radical (unpaired) electrons. The molecule has 2 atom stereocenters. The average Bonchev–Trinajstić information content (AvgIpc) is 1.88. The Hall–Kier alpha value is -0.700. The molecule has 3 heteroatoms. The van der Waals surface area contributed by atoms with Crippen molar-refractivity contribution in [1.82, 2.24) is 0 Å². The second-order valence-corrected chi connectivity index (χ2v) is 2.41. The summed E-state index contributed by atoms with van der Waals surface area (Å²) in [6, 6.07) is -0.0973. The van der Waals surface area contributed by atoms with Gasteiger partial charge in [0.2, 0.25) is 0 Å². The molecular weight excluding hydrogens is 130 g/mol. The zero-order valence-corrected chi connectivity index (χ0v) is 5.82. The molecule has 1 saturated carbocycles. The lowest BCUT2D eigenvalue weighted by Crippen LogP contribution is -2.37. The van der Waals surface area contributed by atoms with Crippen LogP contribution in [0.3, 0.4) is 0 Å². The van der Waals surface area contributed by atoms with Gasteiger partial charge in [0.15, 0.2) is 0 Å². The molecule has 3 nitrogen and oxygen atoms in total. The Kier molecular flexibility index (Phi) is 2.57. The van der Waals surface area contributed by atoms with Crippen molar-refractivity contribution in [3.05, 3.63) is 17.6 Å². The molecular formula is C7H11NO2. The molecule has 0 aliphatic heterocycles. The van der Waals surface area contributed by atoms with Crippen LogP contribution in [0.25, 0.3) is 0 Å². The summed E-state index contributed by atoms with van der Waals surface area (Å²) in [5.41, 5.74) is 0. The number of rotatable bonds is 4. The summed E-state index contributed by atoms with van der Waals surface area (Å²) in [7, 11) is 0. The van der Waals surface area contributed by atoms with Gasteiger partial charge in [0, 0.05) is 0 Å². The highest BCUT2D eigenvalue weighted by atomic mass is 16.5. The average molecular weight is 141 g/mol. The zero-order chi connectivity index (χ0) is 7.40. The molecule has 0 unspecified atom stereocenters. The quantitative estimate of drug-likeness (QED) is 0.439. The Morgan fingerprint density at radius 3 is 2.90 bits per heavy atom. The highest BCUT2D eigenvalue weighted by molar-refractivity contribution is 4.88. The first-order chi connectivity index (χ1) is 4.88. The lowest BCUT2D eigenvalue weighted by atomic mass is 9.90. The second-order valence-electron chi connectivity index (χ2n) is 2.41. The second kappa shape index (κ2) is 3.46. The first-order valence-electron chi connectivity index (χ1n) is 3.43. The van der Waals surface area contributed by atoms with Crippen LogP contribution in [0.5, 0.6) is 0 Å². The molecule has 0 amide bonds. The molecule has 56 valence electrons. The number of ether oxygens (including phenoxy) is 1. The van der Waals surface area contributed by atoms with Crippen LogP contribution in [-0.4, -0.2) is 18.8 Å². The van der Waals surface area contributed by atoms with Gasteiger partial charge in [-0.3, -0.25) is 0 Å². The zero-order valence-electron chi connectivity index (χ0n) is 5.82. The van der Waals surface area contributed by atoms with Gasteiger partial charge in [-0.15, -0.1) is 6.58 Å². The van der Waals surface area contributed by atoms with E-state index in [-0.39, 0.29) is 12.1 Å². The van der Waals surface area contributed by atoms with Gasteiger partial charge in [0.05, 0.1) is 12.7 Å². The SMILES string of the molecule is C=CCO[C@@H]1CC[C@@H]1N=O. The summed E-state index contributed by atoms with van der Waals surface area (Å²) in [5.74, 6) is 0. The molecule has 0 aromatic heterocycles. The van der Waals surface area contributed by atoms with E-state index < -0.39 is 0 Å². The van der Waals surface area contributed by atoms with Crippen molar-refractivity contribution in [3.63, 3.8) is 0 Å². The van der Waals surface area contributed by atoms with E-state index in [1.165, 1.54) is 0 Å². The van der Waals surface area contributed by atoms with E-state index in [1.807, 2.05) is 0 Å². The van der Waals surface area contributed by atoms with Crippen LogP contribution in [0.2, 0.25) is 0 Å². The summed E-state index contributed by atoms with van der Waals surface area (Å²) < 4.78 is 5.22. The van der Waals surface area contributed by atoms with Gasteiger partial charge in [-0.25, -0.2) is 0 Å². The minimum atomic E-state index is -0.0973. The Morgan fingerprint density at radius 1 is 1.70 bits per heavy atom. The lowest BCUT2D eigenvalue weighted by Gasteiger charge is -2.30. The van der Waals surface area contributed by atoms with E-state index >= 15 is 0 Å². The molecule has 1 aliphatic rings. The van der Waals surface area contributed by atoms with E-state index in [0.717, 1.165) is 12.8 Å². The molecule has 0 N–H and O–H groups in total. The minimum absolute atomic E-state index is 0.0653. The van der Waals surface area contributed by atoms with Crippen LogP contribution in [0, 0.1) is 4.91 Å². The van der Waals surface area contributed by atoms with Gasteiger partial charge in [-0.1, -0.05) is 11.3 Å². The largest absolute Gasteiger partial charge is 0.372 e. The molecule has 0 aromatic rings. The maximum Gasteiger partial charge on any atom is 0.118 e. The summed E-state index contributed by atoms with van der Waals surface area (Å²) in [6.07, 6.45) is 3.59. The monoisotopic (exact) mass is 141 g/mol. The van der Waals surface area contributed by atoms with Crippen molar-refractivity contribution in [1.29, 1.82) is 0 Å². The van der Waals surface area contributed by atoms with E-state index in [1.54, 1.807) is 6.08 Å². The van der Waals surface area contributed by atoms with E-state index in [9.17, 15) is 4.91 Å². The predicted molar refractivity (Wildman–Crippen MR) is 38.8 cm³/mol. The van der Waals surface area contributed by atoms with Crippen LogP contribution in [0.1, 0.15) is 12.8 Å². The fraction of sp³-hybridized carbons (Fsp3) is 0.714. The van der Waals surface area contributed by atoms with Gasteiger partial charge in [0.25, 0.3) is 0 Å². The molecule has 1 fully saturated rings. The fourth-order valence-corrected chi connectivity index (χ4v) is 0.958. The van der Waals surface area contributed by atoms with Gasteiger partial charge in [-0.05, 0) is 12.8 Å². The lowest BCUT2D eigenvalue weighted by molar-refractivity contribution is 0.00124.